The van der Waals surface area contributed by atoms with E-state index in [1.165, 1.54) is 6.08 Å². The van der Waals surface area contributed by atoms with Crippen molar-refractivity contribution < 1.29 is 19.4 Å². The molecule has 4 heteroatoms. The summed E-state index contributed by atoms with van der Waals surface area (Å²) in [5.74, 6) is 0.638. The van der Waals surface area contributed by atoms with Gasteiger partial charge < -0.3 is 14.6 Å². The Kier molecular flexibility index (Phi) is 5.00. The largest absolute Gasteiger partial charge is 0.478 e. The average molecular weight is 272 g/mol. The minimum atomic E-state index is -0.933. The summed E-state index contributed by atoms with van der Waals surface area (Å²) in [7, 11) is 0. The van der Waals surface area contributed by atoms with Crippen LogP contribution in [0.2, 0.25) is 0 Å². The Balaban J connectivity index is 1.75. The molecule has 1 aliphatic heterocycles. The van der Waals surface area contributed by atoms with Gasteiger partial charge in [-0.2, -0.15) is 0 Å². The van der Waals surface area contributed by atoms with Gasteiger partial charge in [0.25, 0.3) is 0 Å². The predicted octanol–water partition coefficient (Wildman–Crippen LogP) is 3.41. The van der Waals surface area contributed by atoms with Crippen LogP contribution in [-0.2, 0) is 4.79 Å². The van der Waals surface area contributed by atoms with Crippen LogP contribution in [0, 0.1) is 0 Å². The van der Waals surface area contributed by atoms with Crippen molar-refractivity contribution in [2.75, 3.05) is 6.79 Å². The van der Waals surface area contributed by atoms with Gasteiger partial charge in [-0.1, -0.05) is 36.4 Å². The predicted molar refractivity (Wildman–Crippen MR) is 76.7 cm³/mol. The highest BCUT2D eigenvalue weighted by atomic mass is 16.7. The number of fused-ring (bicyclic) bond motifs is 1. The highest BCUT2D eigenvalue weighted by Crippen LogP contribution is 2.32. The Morgan fingerprint density at radius 2 is 1.95 bits per heavy atom. The normalized spacial score (nSPS) is 13.8. The van der Waals surface area contributed by atoms with Crippen molar-refractivity contribution in [3.63, 3.8) is 0 Å². The lowest BCUT2D eigenvalue weighted by molar-refractivity contribution is -0.131. The number of ether oxygens (including phenoxy) is 2. The Hall–Kier alpha value is -2.49. The molecule has 0 unspecified atom stereocenters. The van der Waals surface area contributed by atoms with Gasteiger partial charge in [-0.3, -0.25) is 0 Å². The van der Waals surface area contributed by atoms with Gasteiger partial charge >= 0.3 is 5.97 Å². The molecule has 0 amide bonds. The fraction of sp³-hybridized carbons (Fsp3) is 0.188. The van der Waals surface area contributed by atoms with Crippen LogP contribution in [0.5, 0.6) is 11.5 Å². The van der Waals surface area contributed by atoms with Gasteiger partial charge in [0.05, 0.1) is 0 Å². The molecular weight excluding hydrogens is 256 g/mol. The van der Waals surface area contributed by atoms with E-state index in [9.17, 15) is 4.79 Å². The number of unbranched alkanes of at least 4 members (excludes halogenated alkanes) is 1. The fourth-order valence-corrected chi connectivity index (χ4v) is 1.74. The third-order valence-corrected chi connectivity index (χ3v) is 2.69. The summed E-state index contributed by atoms with van der Waals surface area (Å²) >= 11 is 0. The molecule has 4 nitrogen and oxygen atoms in total. The lowest BCUT2D eigenvalue weighted by atomic mass is 10.1. The first-order valence-corrected chi connectivity index (χ1v) is 6.38. The number of hydrogen-bond acceptors (Lipinski definition) is 3. The maximum Gasteiger partial charge on any atom is 0.328 e. The van der Waals surface area contributed by atoms with Crippen molar-refractivity contribution in [3.05, 3.63) is 54.1 Å². The van der Waals surface area contributed by atoms with Gasteiger partial charge in [-0.05, 0) is 30.5 Å². The summed E-state index contributed by atoms with van der Waals surface area (Å²) in [6.45, 7) is 0.289. The van der Waals surface area contributed by atoms with E-state index in [1.54, 1.807) is 6.08 Å². The second-order valence-electron chi connectivity index (χ2n) is 4.22. The Morgan fingerprint density at radius 1 is 1.15 bits per heavy atom. The first-order chi connectivity index (χ1) is 9.75. The first kappa shape index (κ1) is 13.9. The molecule has 0 saturated heterocycles. The first-order valence-electron chi connectivity index (χ1n) is 6.38. The number of carboxylic acid groups (broad SMARTS) is 1. The molecule has 1 aromatic carbocycles. The van der Waals surface area contributed by atoms with Crippen molar-refractivity contribution in [2.45, 2.75) is 12.8 Å². The minimum absolute atomic E-state index is 0.289. The average Bonchev–Trinajstić information content (AvgIpc) is 2.89. The zero-order valence-corrected chi connectivity index (χ0v) is 11.0. The maximum atomic E-state index is 10.2. The number of benzene rings is 1. The zero-order valence-electron chi connectivity index (χ0n) is 11.0. The summed E-state index contributed by atoms with van der Waals surface area (Å²) < 4.78 is 10.6. The topological polar surface area (TPSA) is 55.8 Å². The number of allylic oxidation sites excluding steroid dienone is 4. The quantitative estimate of drug-likeness (QED) is 0.490. The molecule has 0 radical (unpaired) electrons. The van der Waals surface area contributed by atoms with Crippen LogP contribution >= 0.6 is 0 Å². The number of aliphatic carboxylic acids is 1. The summed E-state index contributed by atoms with van der Waals surface area (Å²) in [4.78, 5) is 10.2. The Morgan fingerprint density at radius 3 is 2.80 bits per heavy atom. The molecule has 104 valence electrons. The van der Waals surface area contributed by atoms with Gasteiger partial charge in [0, 0.05) is 6.08 Å². The lowest BCUT2D eigenvalue weighted by Crippen LogP contribution is -1.92. The molecule has 1 N–H and O–H groups in total. The molecular formula is C16H16O4. The molecule has 0 aromatic heterocycles. The molecule has 0 atom stereocenters. The molecule has 1 aliphatic rings. The van der Waals surface area contributed by atoms with Crippen LogP contribution in [0.15, 0.2) is 48.6 Å². The Labute approximate surface area is 117 Å². The molecule has 0 fully saturated rings. The van der Waals surface area contributed by atoms with E-state index >= 15 is 0 Å². The van der Waals surface area contributed by atoms with E-state index in [-0.39, 0.29) is 6.79 Å². The van der Waals surface area contributed by atoms with Crippen molar-refractivity contribution in [1.29, 1.82) is 0 Å². The number of carbonyl (C=O) groups is 1. The van der Waals surface area contributed by atoms with Crippen LogP contribution in [0.25, 0.3) is 6.08 Å². The zero-order chi connectivity index (χ0) is 14.2. The summed E-state index contributed by atoms with van der Waals surface area (Å²) in [5, 5.41) is 8.40. The van der Waals surface area contributed by atoms with E-state index in [4.69, 9.17) is 14.6 Å². The molecule has 1 heterocycles. The van der Waals surface area contributed by atoms with Crippen LogP contribution < -0.4 is 9.47 Å². The Bertz CT molecular complexity index is 556. The molecule has 0 saturated carbocycles. The van der Waals surface area contributed by atoms with Crippen molar-refractivity contribution in [2.24, 2.45) is 0 Å². The molecule has 2 rings (SSSR count). The summed E-state index contributed by atoms with van der Waals surface area (Å²) in [6.07, 6.45) is 12.2. The molecule has 0 aliphatic carbocycles. The summed E-state index contributed by atoms with van der Waals surface area (Å²) in [6, 6.07) is 5.83. The third-order valence-electron chi connectivity index (χ3n) is 2.69. The third kappa shape index (κ3) is 4.31. The number of carboxylic acids is 1. The highest BCUT2D eigenvalue weighted by molar-refractivity contribution is 5.80. The van der Waals surface area contributed by atoms with Crippen molar-refractivity contribution in [1.82, 2.24) is 0 Å². The number of rotatable bonds is 6. The van der Waals surface area contributed by atoms with Crippen molar-refractivity contribution in [3.8, 4) is 11.5 Å². The van der Waals surface area contributed by atoms with E-state index in [0.717, 1.165) is 36.0 Å². The summed E-state index contributed by atoms with van der Waals surface area (Å²) in [5.41, 5.74) is 1.07. The SMILES string of the molecule is O=C(O)/C=C/C=C/CC/C=C/c1ccc2c(c1)OCO2. The lowest BCUT2D eigenvalue weighted by Gasteiger charge is -1.97. The number of hydrogen-bond donors (Lipinski definition) is 1. The van der Waals surface area contributed by atoms with Crippen molar-refractivity contribution >= 4 is 12.0 Å². The van der Waals surface area contributed by atoms with Gasteiger partial charge in [0.1, 0.15) is 0 Å². The second-order valence-corrected chi connectivity index (χ2v) is 4.22. The molecule has 0 bridgehead atoms. The second kappa shape index (κ2) is 7.19. The molecule has 20 heavy (non-hydrogen) atoms. The van der Waals surface area contributed by atoms with E-state index in [2.05, 4.69) is 6.08 Å². The monoisotopic (exact) mass is 272 g/mol. The van der Waals surface area contributed by atoms with E-state index in [0.29, 0.717) is 0 Å². The van der Waals surface area contributed by atoms with E-state index < -0.39 is 5.97 Å². The molecule has 0 spiro atoms. The fourth-order valence-electron chi connectivity index (χ4n) is 1.74. The van der Waals surface area contributed by atoms with Crippen LogP contribution in [-0.4, -0.2) is 17.9 Å². The smallest absolute Gasteiger partial charge is 0.328 e. The van der Waals surface area contributed by atoms with Crippen LogP contribution in [0.3, 0.4) is 0 Å². The van der Waals surface area contributed by atoms with Gasteiger partial charge in [-0.15, -0.1) is 0 Å². The van der Waals surface area contributed by atoms with Gasteiger partial charge in [0.15, 0.2) is 11.5 Å². The minimum Gasteiger partial charge on any atom is -0.478 e. The van der Waals surface area contributed by atoms with Gasteiger partial charge in [-0.25, -0.2) is 4.79 Å². The highest BCUT2D eigenvalue weighted by Gasteiger charge is 2.11. The van der Waals surface area contributed by atoms with Crippen LogP contribution in [0.1, 0.15) is 18.4 Å². The van der Waals surface area contributed by atoms with Crippen LogP contribution in [0.4, 0.5) is 0 Å². The maximum absolute atomic E-state index is 10.2. The standard InChI is InChI=1S/C16H16O4/c17-16(18)8-6-4-2-1-3-5-7-13-9-10-14-15(11-13)20-12-19-14/h2,4-11H,1,3,12H2,(H,17,18)/b4-2+,7-5+,8-6+. The molecule has 1 aromatic rings. The van der Waals surface area contributed by atoms with E-state index in [1.807, 2.05) is 30.4 Å². The van der Waals surface area contributed by atoms with Gasteiger partial charge in [0.2, 0.25) is 6.79 Å².